The van der Waals surface area contributed by atoms with E-state index in [-0.39, 0.29) is 25.5 Å². The number of carbonyl (C=O) groups excluding carboxylic acids is 2. The highest BCUT2D eigenvalue weighted by Gasteiger charge is 2.49. The Morgan fingerprint density at radius 3 is 2.26 bits per heavy atom. The first-order chi connectivity index (χ1) is 16.2. The highest BCUT2D eigenvalue weighted by molar-refractivity contribution is 5.86. The van der Waals surface area contributed by atoms with E-state index in [9.17, 15) is 23.2 Å². The van der Waals surface area contributed by atoms with Crippen LogP contribution in [-0.2, 0) is 14.3 Å². The number of hydrogen-bond acceptors (Lipinski definition) is 4. The summed E-state index contributed by atoms with van der Waals surface area (Å²) in [5.41, 5.74) is 4.27. The Morgan fingerprint density at radius 1 is 1.12 bits per heavy atom. The number of nitrogens with zero attached hydrogens (tertiary/aromatic N) is 1. The van der Waals surface area contributed by atoms with Gasteiger partial charge in [-0.25, -0.2) is 13.6 Å². The molecule has 0 saturated carbocycles. The van der Waals surface area contributed by atoms with Crippen molar-refractivity contribution in [2.75, 3.05) is 19.7 Å². The summed E-state index contributed by atoms with van der Waals surface area (Å²) >= 11 is 0. The lowest BCUT2D eigenvalue weighted by Gasteiger charge is -2.37. The number of hydrogen-bond donors (Lipinski definition) is 2. The maximum absolute atomic E-state index is 13.9. The third kappa shape index (κ3) is 4.47. The van der Waals surface area contributed by atoms with Gasteiger partial charge in [-0.3, -0.25) is 9.59 Å². The number of amides is 2. The van der Waals surface area contributed by atoms with Crippen LogP contribution in [0, 0.1) is 5.92 Å². The summed E-state index contributed by atoms with van der Waals surface area (Å²) in [6.07, 6.45) is -1.33. The predicted molar refractivity (Wildman–Crippen MR) is 120 cm³/mol. The quantitative estimate of drug-likeness (QED) is 0.666. The van der Waals surface area contributed by atoms with Crippen LogP contribution >= 0.6 is 0 Å². The van der Waals surface area contributed by atoms with Gasteiger partial charge in [0.05, 0.1) is 0 Å². The number of halogens is 2. The molecule has 2 atom stereocenters. The minimum Gasteiger partial charge on any atom is -0.481 e. The number of likely N-dealkylation sites (tertiary alicyclic amines) is 1. The number of alkyl halides is 2. The second kappa shape index (κ2) is 9.40. The van der Waals surface area contributed by atoms with E-state index >= 15 is 0 Å². The van der Waals surface area contributed by atoms with Gasteiger partial charge in [0.1, 0.15) is 18.6 Å². The lowest BCUT2D eigenvalue weighted by atomic mass is 9.93. The molecule has 4 rings (SSSR count). The number of carboxylic acids is 1. The van der Waals surface area contributed by atoms with E-state index in [2.05, 4.69) is 5.32 Å². The monoisotopic (exact) mass is 472 g/mol. The summed E-state index contributed by atoms with van der Waals surface area (Å²) < 4.78 is 33.3. The van der Waals surface area contributed by atoms with Crippen LogP contribution < -0.4 is 5.32 Å². The summed E-state index contributed by atoms with van der Waals surface area (Å²) in [7, 11) is 0. The van der Waals surface area contributed by atoms with E-state index in [0.717, 1.165) is 27.2 Å². The van der Waals surface area contributed by atoms with Gasteiger partial charge in [-0.2, -0.15) is 0 Å². The standard InChI is InChI=1S/C25H26F2N2O5/c1-2-21(22(30)29-12-11-25(26,27)20(13-29)23(31)32)28-24(33)34-14-19-17-9-5-3-7-15(17)16-8-4-6-10-18(16)19/h3-10,19-21H,2,11-14H2,1H3,(H,28,33)(H,31,32)/t20?,21-/m0/s1. The number of alkyl carbamates (subject to hydrolysis) is 1. The molecule has 0 radical (unpaired) electrons. The molecule has 34 heavy (non-hydrogen) atoms. The molecule has 1 saturated heterocycles. The molecule has 7 nitrogen and oxygen atoms in total. The Labute approximate surface area is 195 Å². The summed E-state index contributed by atoms with van der Waals surface area (Å²) in [6, 6.07) is 14.8. The van der Waals surface area contributed by atoms with E-state index in [1.807, 2.05) is 48.5 Å². The largest absolute Gasteiger partial charge is 0.481 e. The van der Waals surface area contributed by atoms with Crippen LogP contribution in [-0.4, -0.2) is 59.6 Å². The highest BCUT2D eigenvalue weighted by atomic mass is 19.3. The minimum atomic E-state index is -3.38. The normalized spacial score (nSPS) is 19.6. The Balaban J connectivity index is 1.39. The van der Waals surface area contributed by atoms with Crippen molar-refractivity contribution in [3.63, 3.8) is 0 Å². The molecule has 1 fully saturated rings. The van der Waals surface area contributed by atoms with Crippen molar-refractivity contribution in [3.05, 3.63) is 59.7 Å². The van der Waals surface area contributed by atoms with E-state index in [1.165, 1.54) is 0 Å². The second-order valence-corrected chi connectivity index (χ2v) is 8.62. The molecule has 2 aromatic carbocycles. The number of rotatable bonds is 6. The van der Waals surface area contributed by atoms with E-state index in [4.69, 9.17) is 9.84 Å². The van der Waals surface area contributed by atoms with Gasteiger partial charge >= 0.3 is 12.1 Å². The maximum Gasteiger partial charge on any atom is 0.407 e. The smallest absolute Gasteiger partial charge is 0.407 e. The van der Waals surface area contributed by atoms with Crippen LogP contribution in [0.1, 0.15) is 36.8 Å². The minimum absolute atomic E-state index is 0.0709. The Morgan fingerprint density at radius 2 is 1.71 bits per heavy atom. The molecule has 1 unspecified atom stereocenters. The van der Waals surface area contributed by atoms with Crippen molar-refractivity contribution >= 4 is 18.0 Å². The molecule has 1 aliphatic heterocycles. The Kier molecular flexibility index (Phi) is 6.54. The molecule has 2 aromatic rings. The lowest BCUT2D eigenvalue weighted by Crippen LogP contribution is -2.56. The summed E-state index contributed by atoms with van der Waals surface area (Å²) in [4.78, 5) is 37.7. The fourth-order valence-corrected chi connectivity index (χ4v) is 4.70. The molecule has 2 N–H and O–H groups in total. The van der Waals surface area contributed by atoms with Crippen LogP contribution in [0.5, 0.6) is 0 Å². The third-order valence-electron chi connectivity index (χ3n) is 6.58. The van der Waals surface area contributed by atoms with Crippen LogP contribution in [0.25, 0.3) is 11.1 Å². The topological polar surface area (TPSA) is 95.9 Å². The van der Waals surface area contributed by atoms with Crippen molar-refractivity contribution < 1.29 is 33.0 Å². The van der Waals surface area contributed by atoms with Crippen molar-refractivity contribution in [1.82, 2.24) is 10.2 Å². The van der Waals surface area contributed by atoms with Crippen molar-refractivity contribution in [2.24, 2.45) is 5.92 Å². The fraction of sp³-hybridized carbons (Fsp3) is 0.400. The molecule has 0 bridgehead atoms. The molecular formula is C25H26F2N2O5. The zero-order valence-electron chi connectivity index (χ0n) is 18.7. The van der Waals surface area contributed by atoms with Crippen LogP contribution in [0.2, 0.25) is 0 Å². The van der Waals surface area contributed by atoms with Crippen molar-refractivity contribution in [1.29, 1.82) is 0 Å². The molecule has 0 spiro atoms. The predicted octanol–water partition coefficient (Wildman–Crippen LogP) is 3.87. The first-order valence-corrected chi connectivity index (χ1v) is 11.2. The number of fused-ring (bicyclic) bond motifs is 3. The van der Waals surface area contributed by atoms with Gasteiger partial charge in [0.15, 0.2) is 0 Å². The molecule has 2 aliphatic rings. The number of piperidine rings is 1. The van der Waals surface area contributed by atoms with E-state index in [0.29, 0.717) is 0 Å². The van der Waals surface area contributed by atoms with Gasteiger partial charge < -0.3 is 20.1 Å². The SMILES string of the molecule is CC[C@H](NC(=O)OCC1c2ccccc2-c2ccccc21)C(=O)N1CCC(F)(F)C(C(=O)O)C1. The van der Waals surface area contributed by atoms with Crippen LogP contribution in [0.15, 0.2) is 48.5 Å². The summed E-state index contributed by atoms with van der Waals surface area (Å²) in [5.74, 6) is -7.76. The maximum atomic E-state index is 13.9. The third-order valence-corrected chi connectivity index (χ3v) is 6.58. The number of nitrogens with one attached hydrogen (secondary N) is 1. The Hall–Kier alpha value is -3.49. The second-order valence-electron chi connectivity index (χ2n) is 8.62. The number of carbonyl (C=O) groups is 3. The van der Waals surface area contributed by atoms with Crippen molar-refractivity contribution in [3.8, 4) is 11.1 Å². The molecule has 180 valence electrons. The van der Waals surface area contributed by atoms with Gasteiger partial charge in [0.25, 0.3) is 5.92 Å². The zero-order valence-corrected chi connectivity index (χ0v) is 18.7. The zero-order chi connectivity index (χ0) is 24.5. The van der Waals surface area contributed by atoms with Crippen molar-refractivity contribution in [2.45, 2.75) is 37.6 Å². The van der Waals surface area contributed by atoms with E-state index in [1.54, 1.807) is 6.92 Å². The first kappa shape index (κ1) is 23.7. The number of aliphatic carboxylic acids is 1. The van der Waals surface area contributed by atoms with Gasteiger partial charge in [-0.05, 0) is 28.7 Å². The van der Waals surface area contributed by atoms with Gasteiger partial charge in [0, 0.05) is 25.4 Å². The first-order valence-electron chi connectivity index (χ1n) is 11.2. The average Bonchev–Trinajstić information content (AvgIpc) is 3.14. The summed E-state index contributed by atoms with van der Waals surface area (Å²) in [5, 5.41) is 11.6. The van der Waals surface area contributed by atoms with Gasteiger partial charge in [0.2, 0.25) is 5.91 Å². The van der Waals surface area contributed by atoms with Gasteiger partial charge in [-0.1, -0.05) is 55.5 Å². The average molecular weight is 472 g/mol. The van der Waals surface area contributed by atoms with Crippen LogP contribution in [0.3, 0.4) is 0 Å². The molecule has 1 aliphatic carbocycles. The fourth-order valence-electron chi connectivity index (χ4n) is 4.70. The lowest BCUT2D eigenvalue weighted by molar-refractivity contribution is -0.169. The Bertz CT molecular complexity index is 1060. The molecule has 9 heteroatoms. The van der Waals surface area contributed by atoms with E-state index < -0.39 is 48.8 Å². The van der Waals surface area contributed by atoms with Gasteiger partial charge in [-0.15, -0.1) is 0 Å². The molecule has 1 heterocycles. The molecule has 0 aromatic heterocycles. The number of ether oxygens (including phenoxy) is 1. The number of carboxylic acid groups (broad SMARTS) is 1. The number of benzene rings is 2. The molecular weight excluding hydrogens is 446 g/mol. The molecule has 2 amide bonds. The highest BCUT2D eigenvalue weighted by Crippen LogP contribution is 2.44. The van der Waals surface area contributed by atoms with Crippen LogP contribution in [0.4, 0.5) is 13.6 Å². The summed E-state index contributed by atoms with van der Waals surface area (Å²) in [6.45, 7) is 0.851.